The number of halogens is 5. The summed E-state index contributed by atoms with van der Waals surface area (Å²) in [6, 6.07) is 4.99. The van der Waals surface area contributed by atoms with E-state index < -0.39 is 41.5 Å². The summed E-state index contributed by atoms with van der Waals surface area (Å²) in [6.07, 6.45) is -2.33. The Morgan fingerprint density at radius 3 is 2.48 bits per heavy atom. The fourth-order valence-electron chi connectivity index (χ4n) is 3.39. The van der Waals surface area contributed by atoms with Crippen molar-refractivity contribution in [2.24, 2.45) is 0 Å². The molecule has 0 aliphatic carbocycles. The summed E-state index contributed by atoms with van der Waals surface area (Å²) in [6.45, 7) is 1.77. The highest BCUT2D eigenvalue weighted by Crippen LogP contribution is 2.37. The third kappa shape index (κ3) is 4.87. The zero-order chi connectivity index (χ0) is 24.6. The number of nitrogens with zero attached hydrogens (tertiary/aromatic N) is 4. The normalized spacial score (nSPS) is 13.9. The number of pyridine rings is 1. The maximum Gasteiger partial charge on any atom is 0.421 e. The molecule has 0 unspecified atom stereocenters. The zero-order valence-corrected chi connectivity index (χ0v) is 17.6. The highest BCUT2D eigenvalue weighted by molar-refractivity contribution is 5.83. The predicted molar refractivity (Wildman–Crippen MR) is 107 cm³/mol. The van der Waals surface area contributed by atoms with Crippen molar-refractivity contribution >= 4 is 16.8 Å². The van der Waals surface area contributed by atoms with Gasteiger partial charge in [-0.2, -0.15) is 32.3 Å². The number of benzene rings is 1. The van der Waals surface area contributed by atoms with Crippen LogP contribution in [0.2, 0.25) is 0 Å². The molecule has 0 saturated carbocycles. The molecule has 2 heterocycles. The third-order valence-electron chi connectivity index (χ3n) is 4.93. The van der Waals surface area contributed by atoms with E-state index in [2.05, 4.69) is 15.4 Å². The van der Waals surface area contributed by atoms with Crippen molar-refractivity contribution in [3.63, 3.8) is 0 Å². The highest BCUT2D eigenvalue weighted by Gasteiger charge is 2.39. The van der Waals surface area contributed by atoms with Crippen LogP contribution in [0.15, 0.2) is 36.7 Å². The summed E-state index contributed by atoms with van der Waals surface area (Å²) in [5.41, 5.74) is -0.483. The molecular formula is C21H18F5N5O2. The highest BCUT2D eigenvalue weighted by atomic mass is 19.4. The Morgan fingerprint density at radius 2 is 1.91 bits per heavy atom. The first-order valence-electron chi connectivity index (χ1n) is 9.54. The van der Waals surface area contributed by atoms with Gasteiger partial charge in [-0.05, 0) is 36.8 Å². The Morgan fingerprint density at radius 1 is 1.21 bits per heavy atom. The van der Waals surface area contributed by atoms with E-state index in [1.807, 2.05) is 6.07 Å². The number of amides is 1. The molecule has 0 spiro atoms. The van der Waals surface area contributed by atoms with Crippen LogP contribution in [0, 0.1) is 11.3 Å². The monoisotopic (exact) mass is 467 g/mol. The van der Waals surface area contributed by atoms with Gasteiger partial charge in [0.1, 0.15) is 5.56 Å². The topological polar surface area (TPSA) is 92.8 Å². The lowest BCUT2D eigenvalue weighted by Crippen LogP contribution is -2.46. The van der Waals surface area contributed by atoms with Crippen LogP contribution < -0.4 is 10.1 Å². The van der Waals surface area contributed by atoms with E-state index in [-0.39, 0.29) is 5.56 Å². The van der Waals surface area contributed by atoms with E-state index in [1.54, 1.807) is 0 Å². The van der Waals surface area contributed by atoms with E-state index in [9.17, 15) is 26.7 Å². The summed E-state index contributed by atoms with van der Waals surface area (Å²) in [5.74, 6) is -5.96. The molecule has 2 aromatic heterocycles. The first-order chi connectivity index (χ1) is 15.4. The number of rotatable bonds is 6. The SMILES string of the molecule is COc1ncc([C@H]([C@H](C)NC(=O)C(C)(F)F)n2ncc3cc(C#N)ccc32)cc1C(F)(F)F. The maximum absolute atomic E-state index is 13.6. The van der Waals surface area contributed by atoms with Gasteiger partial charge in [0.15, 0.2) is 0 Å². The standard InChI is InChI=1S/C21H18F5N5O2/c1-11(30-19(32)20(2,22)23)17(14-7-15(21(24,25)26)18(33-3)28-9-14)31-16-5-4-12(8-27)6-13(16)10-29-31/h4-7,9-11,17H,1-3H3,(H,30,32)/t11-,17-/m0/s1. The molecule has 1 aromatic carbocycles. The number of nitriles is 1. The number of nitrogens with one attached hydrogen (secondary N) is 1. The minimum absolute atomic E-state index is 0.0512. The van der Waals surface area contributed by atoms with Crippen molar-refractivity contribution in [1.29, 1.82) is 5.26 Å². The van der Waals surface area contributed by atoms with Crippen molar-refractivity contribution in [2.45, 2.75) is 38.0 Å². The van der Waals surface area contributed by atoms with Crippen LogP contribution in [0.25, 0.3) is 10.9 Å². The van der Waals surface area contributed by atoms with Crippen LogP contribution in [0.5, 0.6) is 5.88 Å². The summed E-state index contributed by atoms with van der Waals surface area (Å²) < 4.78 is 73.7. The number of methoxy groups -OCH3 is 1. The van der Waals surface area contributed by atoms with Gasteiger partial charge >= 0.3 is 12.1 Å². The molecule has 1 amide bonds. The summed E-state index contributed by atoms with van der Waals surface area (Å²) >= 11 is 0. The number of alkyl halides is 5. The molecule has 3 aromatic rings. The molecule has 7 nitrogen and oxygen atoms in total. The Bertz CT molecular complexity index is 1230. The number of ether oxygens (including phenoxy) is 1. The molecule has 0 aliphatic heterocycles. The Labute approximate surface area is 184 Å². The van der Waals surface area contributed by atoms with Crippen LogP contribution in [0.4, 0.5) is 22.0 Å². The zero-order valence-electron chi connectivity index (χ0n) is 17.6. The Hall–Kier alpha value is -3.75. The quantitative estimate of drug-likeness (QED) is 0.552. The molecule has 33 heavy (non-hydrogen) atoms. The van der Waals surface area contributed by atoms with Gasteiger partial charge in [-0.25, -0.2) is 4.98 Å². The minimum atomic E-state index is -4.81. The predicted octanol–water partition coefficient (Wildman–Crippen LogP) is 4.08. The Balaban J connectivity index is 2.19. The second kappa shape index (κ2) is 8.65. The van der Waals surface area contributed by atoms with E-state index >= 15 is 0 Å². The first-order valence-corrected chi connectivity index (χ1v) is 9.54. The van der Waals surface area contributed by atoms with Gasteiger partial charge < -0.3 is 10.1 Å². The van der Waals surface area contributed by atoms with E-state index in [4.69, 9.17) is 10.00 Å². The fourth-order valence-corrected chi connectivity index (χ4v) is 3.39. The van der Waals surface area contributed by atoms with Crippen LogP contribution in [0.3, 0.4) is 0 Å². The van der Waals surface area contributed by atoms with Crippen LogP contribution in [-0.4, -0.2) is 39.7 Å². The van der Waals surface area contributed by atoms with E-state index in [1.165, 1.54) is 36.0 Å². The number of carbonyl (C=O) groups is 1. The van der Waals surface area contributed by atoms with Gasteiger partial charge in [-0.15, -0.1) is 0 Å². The van der Waals surface area contributed by atoms with Gasteiger partial charge in [-0.3, -0.25) is 9.48 Å². The van der Waals surface area contributed by atoms with Gasteiger partial charge in [0, 0.05) is 18.5 Å². The molecule has 2 atom stereocenters. The summed E-state index contributed by atoms with van der Waals surface area (Å²) in [7, 11) is 1.04. The second-order valence-corrected chi connectivity index (χ2v) is 7.39. The first kappa shape index (κ1) is 23.9. The largest absolute Gasteiger partial charge is 0.481 e. The van der Waals surface area contributed by atoms with Crippen LogP contribution in [0.1, 0.15) is 36.6 Å². The molecule has 12 heteroatoms. The number of carbonyl (C=O) groups excluding carboxylic acids is 1. The van der Waals surface area contributed by atoms with Gasteiger partial charge in [0.2, 0.25) is 5.88 Å². The lowest BCUT2D eigenvalue weighted by Gasteiger charge is -2.28. The maximum atomic E-state index is 13.6. The lowest BCUT2D eigenvalue weighted by atomic mass is 9.99. The van der Waals surface area contributed by atoms with Crippen molar-refractivity contribution in [1.82, 2.24) is 20.1 Å². The van der Waals surface area contributed by atoms with Crippen molar-refractivity contribution in [3.8, 4) is 11.9 Å². The molecule has 0 bridgehead atoms. The molecule has 174 valence electrons. The number of aromatic nitrogens is 3. The molecule has 0 saturated heterocycles. The number of hydrogen-bond acceptors (Lipinski definition) is 5. The molecule has 3 rings (SSSR count). The smallest absolute Gasteiger partial charge is 0.421 e. The molecule has 0 fully saturated rings. The Kier molecular flexibility index (Phi) is 6.26. The lowest BCUT2D eigenvalue weighted by molar-refractivity contribution is -0.144. The third-order valence-corrected chi connectivity index (χ3v) is 4.93. The van der Waals surface area contributed by atoms with Gasteiger partial charge in [-0.1, -0.05) is 0 Å². The van der Waals surface area contributed by atoms with Crippen molar-refractivity contribution in [2.75, 3.05) is 7.11 Å². The molecule has 0 aliphatic rings. The summed E-state index contributed by atoms with van der Waals surface area (Å²) in [4.78, 5) is 15.6. The fraction of sp³-hybridized carbons (Fsp3) is 0.333. The molecule has 0 radical (unpaired) electrons. The second-order valence-electron chi connectivity index (χ2n) is 7.39. The van der Waals surface area contributed by atoms with Gasteiger partial charge in [0.25, 0.3) is 5.91 Å². The van der Waals surface area contributed by atoms with Crippen molar-refractivity contribution < 1.29 is 31.5 Å². The average molecular weight is 467 g/mol. The van der Waals surface area contributed by atoms with E-state index in [0.29, 0.717) is 23.4 Å². The molecular weight excluding hydrogens is 449 g/mol. The number of hydrogen-bond donors (Lipinski definition) is 1. The van der Waals surface area contributed by atoms with E-state index in [0.717, 1.165) is 19.4 Å². The van der Waals surface area contributed by atoms with Crippen molar-refractivity contribution in [3.05, 3.63) is 53.3 Å². The number of fused-ring (bicyclic) bond motifs is 1. The summed E-state index contributed by atoms with van der Waals surface area (Å²) in [5, 5.41) is 15.9. The van der Waals surface area contributed by atoms with Crippen LogP contribution >= 0.6 is 0 Å². The van der Waals surface area contributed by atoms with Gasteiger partial charge in [0.05, 0.1) is 42.5 Å². The average Bonchev–Trinajstić information content (AvgIpc) is 3.15. The minimum Gasteiger partial charge on any atom is -0.481 e. The van der Waals surface area contributed by atoms with Crippen LogP contribution in [-0.2, 0) is 11.0 Å². The molecule has 1 N–H and O–H groups in total.